The van der Waals surface area contributed by atoms with Crippen LogP contribution in [0.15, 0.2) is 18.2 Å². The number of ether oxygens (including phenoxy) is 3. The maximum atomic E-state index is 13.1. The van der Waals surface area contributed by atoms with Gasteiger partial charge in [0.1, 0.15) is 17.1 Å². The Balaban J connectivity index is 1.39. The monoisotopic (exact) mass is 430 g/mol. The van der Waals surface area contributed by atoms with E-state index in [1.807, 2.05) is 11.8 Å². The van der Waals surface area contributed by atoms with E-state index < -0.39 is 5.60 Å². The topological polar surface area (TPSA) is 85.4 Å². The molecule has 8 nitrogen and oxygen atoms in total. The number of rotatable bonds is 5. The molecule has 3 aliphatic rings. The minimum absolute atomic E-state index is 0.00291. The molecule has 0 N–H and O–H groups in total. The van der Waals surface area contributed by atoms with Gasteiger partial charge in [-0.15, -0.1) is 0 Å². The van der Waals surface area contributed by atoms with Gasteiger partial charge >= 0.3 is 0 Å². The Bertz CT molecular complexity index is 877. The SMILES string of the molecule is COC[C@@H](C)N1C[C@@H](C(=O)N2CCC3(CC2)CC(=O)c2ccc(OC)cc2O3)CC1=O. The molecule has 2 saturated heterocycles. The zero-order valence-electron chi connectivity index (χ0n) is 18.4. The second-order valence-corrected chi connectivity index (χ2v) is 8.82. The molecule has 4 rings (SSSR count). The fraction of sp³-hybridized carbons (Fsp3) is 0.609. The number of carbonyl (C=O) groups is 3. The largest absolute Gasteiger partial charge is 0.497 e. The summed E-state index contributed by atoms with van der Waals surface area (Å²) in [6.45, 7) is 3.86. The zero-order chi connectivity index (χ0) is 22.2. The van der Waals surface area contributed by atoms with E-state index in [4.69, 9.17) is 14.2 Å². The van der Waals surface area contributed by atoms with E-state index in [1.54, 1.807) is 37.3 Å². The van der Waals surface area contributed by atoms with E-state index in [-0.39, 0.29) is 36.0 Å². The summed E-state index contributed by atoms with van der Waals surface area (Å²) in [5, 5.41) is 0. The molecule has 2 amide bonds. The second-order valence-electron chi connectivity index (χ2n) is 8.82. The van der Waals surface area contributed by atoms with Crippen LogP contribution >= 0.6 is 0 Å². The highest BCUT2D eigenvalue weighted by Crippen LogP contribution is 2.41. The van der Waals surface area contributed by atoms with E-state index in [1.165, 1.54) is 0 Å². The summed E-state index contributed by atoms with van der Waals surface area (Å²) in [6, 6.07) is 5.22. The first-order valence-electron chi connectivity index (χ1n) is 10.8. The van der Waals surface area contributed by atoms with Crippen LogP contribution in [0.2, 0.25) is 0 Å². The van der Waals surface area contributed by atoms with Gasteiger partial charge in [-0.2, -0.15) is 0 Å². The van der Waals surface area contributed by atoms with Crippen molar-refractivity contribution in [3.63, 3.8) is 0 Å². The minimum atomic E-state index is -0.586. The molecule has 0 saturated carbocycles. The average Bonchev–Trinajstić information content (AvgIpc) is 3.15. The third-order valence-electron chi connectivity index (χ3n) is 6.73. The Labute approximate surface area is 182 Å². The molecule has 0 unspecified atom stereocenters. The molecule has 2 atom stereocenters. The average molecular weight is 431 g/mol. The highest BCUT2D eigenvalue weighted by atomic mass is 16.5. The molecule has 2 fully saturated rings. The van der Waals surface area contributed by atoms with Crippen LogP contribution in [-0.2, 0) is 14.3 Å². The maximum Gasteiger partial charge on any atom is 0.227 e. The Morgan fingerprint density at radius 2 is 2.00 bits per heavy atom. The Morgan fingerprint density at radius 3 is 2.68 bits per heavy atom. The summed E-state index contributed by atoms with van der Waals surface area (Å²) in [4.78, 5) is 41.7. The van der Waals surface area contributed by atoms with Crippen LogP contribution in [0.3, 0.4) is 0 Å². The van der Waals surface area contributed by atoms with Crippen LogP contribution in [0, 0.1) is 5.92 Å². The van der Waals surface area contributed by atoms with Gasteiger partial charge in [0, 0.05) is 52.1 Å². The predicted octanol–water partition coefficient (Wildman–Crippen LogP) is 1.90. The number of piperidine rings is 1. The van der Waals surface area contributed by atoms with Crippen LogP contribution in [-0.4, -0.2) is 79.5 Å². The summed E-state index contributed by atoms with van der Waals surface area (Å²) < 4.78 is 16.7. The predicted molar refractivity (Wildman–Crippen MR) is 112 cm³/mol. The molecule has 1 aromatic rings. The first kappa shape index (κ1) is 21.6. The molecule has 0 aliphatic carbocycles. The Morgan fingerprint density at radius 1 is 1.26 bits per heavy atom. The van der Waals surface area contributed by atoms with E-state index in [0.29, 0.717) is 62.6 Å². The lowest BCUT2D eigenvalue weighted by molar-refractivity contribution is -0.139. The number of amides is 2. The van der Waals surface area contributed by atoms with Crippen LogP contribution in [0.4, 0.5) is 0 Å². The van der Waals surface area contributed by atoms with Gasteiger partial charge < -0.3 is 24.0 Å². The Kier molecular flexibility index (Phi) is 5.92. The lowest BCUT2D eigenvalue weighted by atomic mass is 9.82. The quantitative estimate of drug-likeness (QED) is 0.709. The number of carbonyl (C=O) groups excluding carboxylic acids is 3. The first-order valence-corrected chi connectivity index (χ1v) is 10.8. The standard InChI is InChI=1S/C23H30N2O6/c1-15(14-29-2)25-13-16(10-21(25)27)22(28)24-8-6-23(7-9-24)12-19(26)18-5-4-17(30-3)11-20(18)31-23/h4-5,11,15-16H,6-10,12-14H2,1-3H3/t15-,16+/m1/s1. The van der Waals surface area contributed by atoms with Crippen LogP contribution in [0.5, 0.6) is 11.5 Å². The Hall–Kier alpha value is -2.61. The van der Waals surface area contributed by atoms with Crippen molar-refractivity contribution in [1.82, 2.24) is 9.80 Å². The molecule has 168 valence electrons. The number of Topliss-reactive ketones (excluding diaryl/α,β-unsaturated/α-hetero) is 1. The third-order valence-corrected chi connectivity index (χ3v) is 6.73. The van der Waals surface area contributed by atoms with Gasteiger partial charge in [-0.05, 0) is 19.1 Å². The van der Waals surface area contributed by atoms with Crippen LogP contribution in [0.25, 0.3) is 0 Å². The number of hydrogen-bond acceptors (Lipinski definition) is 6. The van der Waals surface area contributed by atoms with Crippen molar-refractivity contribution in [2.45, 2.75) is 44.2 Å². The smallest absolute Gasteiger partial charge is 0.227 e. The molecule has 3 heterocycles. The highest BCUT2D eigenvalue weighted by Gasteiger charge is 2.45. The van der Waals surface area contributed by atoms with Gasteiger partial charge in [-0.1, -0.05) is 0 Å². The fourth-order valence-electron chi connectivity index (χ4n) is 4.93. The molecular formula is C23H30N2O6. The van der Waals surface area contributed by atoms with Crippen molar-refractivity contribution in [1.29, 1.82) is 0 Å². The van der Waals surface area contributed by atoms with Crippen LogP contribution < -0.4 is 9.47 Å². The number of benzene rings is 1. The summed E-state index contributed by atoms with van der Waals surface area (Å²) in [6.07, 6.45) is 1.74. The van der Waals surface area contributed by atoms with Gasteiger partial charge in [0.25, 0.3) is 0 Å². The molecule has 31 heavy (non-hydrogen) atoms. The fourth-order valence-corrected chi connectivity index (χ4v) is 4.93. The molecule has 0 aromatic heterocycles. The van der Waals surface area contributed by atoms with E-state index in [0.717, 1.165) is 0 Å². The summed E-state index contributed by atoms with van der Waals surface area (Å²) in [5.41, 5.74) is -0.00255. The highest BCUT2D eigenvalue weighted by molar-refractivity contribution is 6.00. The second kappa shape index (κ2) is 8.49. The van der Waals surface area contributed by atoms with Gasteiger partial charge in [0.05, 0.1) is 37.7 Å². The van der Waals surface area contributed by atoms with Crippen molar-refractivity contribution < 1.29 is 28.6 Å². The molecule has 0 bridgehead atoms. The van der Waals surface area contributed by atoms with Gasteiger partial charge in [-0.3, -0.25) is 14.4 Å². The molecule has 1 spiro atoms. The summed E-state index contributed by atoms with van der Waals surface area (Å²) in [5.74, 6) is 0.962. The normalized spacial score (nSPS) is 23.5. The lowest BCUT2D eigenvalue weighted by Gasteiger charge is -2.44. The number of ketones is 1. The number of methoxy groups -OCH3 is 2. The maximum absolute atomic E-state index is 13.1. The molecule has 8 heteroatoms. The molecule has 3 aliphatic heterocycles. The van der Waals surface area contributed by atoms with Crippen molar-refractivity contribution in [3.05, 3.63) is 23.8 Å². The van der Waals surface area contributed by atoms with Crippen molar-refractivity contribution in [2.75, 3.05) is 40.5 Å². The number of fused-ring (bicyclic) bond motifs is 1. The van der Waals surface area contributed by atoms with Gasteiger partial charge in [0.2, 0.25) is 11.8 Å². The van der Waals surface area contributed by atoms with Gasteiger partial charge in [-0.25, -0.2) is 0 Å². The van der Waals surface area contributed by atoms with Crippen molar-refractivity contribution >= 4 is 17.6 Å². The lowest BCUT2D eigenvalue weighted by Crippen LogP contribution is -2.53. The third kappa shape index (κ3) is 4.13. The molecule has 0 radical (unpaired) electrons. The van der Waals surface area contributed by atoms with Crippen molar-refractivity contribution in [3.8, 4) is 11.5 Å². The number of likely N-dealkylation sites (tertiary alicyclic amines) is 2. The first-order chi connectivity index (χ1) is 14.9. The molecular weight excluding hydrogens is 400 g/mol. The van der Waals surface area contributed by atoms with E-state index >= 15 is 0 Å². The summed E-state index contributed by atoms with van der Waals surface area (Å²) >= 11 is 0. The van der Waals surface area contributed by atoms with E-state index in [2.05, 4.69) is 0 Å². The van der Waals surface area contributed by atoms with Crippen LogP contribution in [0.1, 0.15) is 43.0 Å². The van der Waals surface area contributed by atoms with Gasteiger partial charge in [0.15, 0.2) is 5.78 Å². The number of hydrogen-bond donors (Lipinski definition) is 0. The number of nitrogens with zero attached hydrogens (tertiary/aromatic N) is 2. The minimum Gasteiger partial charge on any atom is -0.497 e. The van der Waals surface area contributed by atoms with Crippen molar-refractivity contribution in [2.24, 2.45) is 5.92 Å². The summed E-state index contributed by atoms with van der Waals surface area (Å²) in [7, 11) is 3.19. The molecule has 1 aromatic carbocycles. The zero-order valence-corrected chi connectivity index (χ0v) is 18.4. The van der Waals surface area contributed by atoms with E-state index in [9.17, 15) is 14.4 Å².